The Morgan fingerprint density at radius 1 is 1.19 bits per heavy atom. The van der Waals surface area contributed by atoms with E-state index < -0.39 is 0 Å². The predicted molar refractivity (Wildman–Crippen MR) is 125 cm³/mol. The summed E-state index contributed by atoms with van der Waals surface area (Å²) in [6.07, 6.45) is 2.93. The summed E-state index contributed by atoms with van der Waals surface area (Å²) in [5.41, 5.74) is 4.74. The molecule has 0 aromatic carbocycles. The molecule has 0 amide bonds. The molecule has 0 bridgehead atoms. The fourth-order valence-electron chi connectivity index (χ4n) is 4.84. The highest BCUT2D eigenvalue weighted by atomic mass is 32.1. The summed E-state index contributed by atoms with van der Waals surface area (Å²) in [5, 5.41) is 13.8. The molecule has 2 N–H and O–H groups in total. The number of thiocarbonyl (C=S) groups is 1. The van der Waals surface area contributed by atoms with Crippen LogP contribution in [0.1, 0.15) is 41.1 Å². The molecule has 0 aliphatic carbocycles. The van der Waals surface area contributed by atoms with E-state index in [-0.39, 0.29) is 18.7 Å². The van der Waals surface area contributed by atoms with Gasteiger partial charge < -0.3 is 24.6 Å². The fraction of sp³-hybridized carbons (Fsp3) is 0.565. The number of nitrogens with zero attached hydrogens (tertiary/aromatic N) is 4. The average Bonchev–Trinajstić information content (AvgIpc) is 3.26. The van der Waals surface area contributed by atoms with E-state index in [2.05, 4.69) is 44.6 Å². The molecular formula is C23H33N5O2S. The number of aryl methyl sites for hydroxylation is 1. The van der Waals surface area contributed by atoms with E-state index >= 15 is 0 Å². The molecule has 8 heteroatoms. The van der Waals surface area contributed by atoms with Crippen LogP contribution in [0.5, 0.6) is 0 Å². The van der Waals surface area contributed by atoms with Crippen LogP contribution < -0.4 is 5.32 Å². The van der Waals surface area contributed by atoms with Gasteiger partial charge in [-0.25, -0.2) is 0 Å². The molecular weight excluding hydrogens is 410 g/mol. The number of morpholine rings is 1. The van der Waals surface area contributed by atoms with Crippen molar-refractivity contribution in [3.8, 4) is 0 Å². The van der Waals surface area contributed by atoms with E-state index in [0.717, 1.165) is 51.5 Å². The Hall–Kier alpha value is -2.00. The normalized spacial score (nSPS) is 22.2. The van der Waals surface area contributed by atoms with E-state index in [1.54, 1.807) is 0 Å². The third-order valence-electron chi connectivity index (χ3n) is 6.43. The number of aliphatic hydroxyl groups excluding tert-OH is 1. The minimum absolute atomic E-state index is 0.00810. The number of hydrogen-bond donors (Lipinski definition) is 2. The molecule has 0 unspecified atom stereocenters. The van der Waals surface area contributed by atoms with Gasteiger partial charge in [-0.3, -0.25) is 9.88 Å². The van der Waals surface area contributed by atoms with Crippen LogP contribution in [0.2, 0.25) is 0 Å². The van der Waals surface area contributed by atoms with Crippen LogP contribution in [0.4, 0.5) is 0 Å². The van der Waals surface area contributed by atoms with Crippen molar-refractivity contribution in [2.75, 3.05) is 46.0 Å². The number of pyridine rings is 1. The maximum Gasteiger partial charge on any atom is 0.170 e. The average molecular weight is 444 g/mol. The minimum atomic E-state index is -0.0393. The maximum absolute atomic E-state index is 9.67. The molecule has 2 aliphatic heterocycles. The largest absolute Gasteiger partial charge is 0.395 e. The second kappa shape index (κ2) is 10.1. The Labute approximate surface area is 190 Å². The van der Waals surface area contributed by atoms with Crippen molar-refractivity contribution in [3.63, 3.8) is 0 Å². The molecule has 2 aromatic rings. The van der Waals surface area contributed by atoms with Gasteiger partial charge in [0.2, 0.25) is 0 Å². The molecule has 168 valence electrons. The second-order valence-corrected chi connectivity index (χ2v) is 8.72. The number of aliphatic hydroxyl groups is 1. The van der Waals surface area contributed by atoms with Crippen molar-refractivity contribution in [1.29, 1.82) is 0 Å². The zero-order valence-electron chi connectivity index (χ0n) is 18.5. The smallest absolute Gasteiger partial charge is 0.170 e. The lowest BCUT2D eigenvalue weighted by molar-refractivity contribution is 0.0369. The van der Waals surface area contributed by atoms with Crippen LogP contribution >= 0.6 is 12.2 Å². The Balaban J connectivity index is 1.56. The lowest BCUT2D eigenvalue weighted by atomic mass is 9.97. The van der Waals surface area contributed by atoms with Gasteiger partial charge in [0.15, 0.2) is 5.11 Å². The van der Waals surface area contributed by atoms with Crippen molar-refractivity contribution < 1.29 is 9.84 Å². The molecule has 7 nitrogen and oxygen atoms in total. The number of hydrogen-bond acceptors (Lipinski definition) is 5. The molecule has 31 heavy (non-hydrogen) atoms. The third kappa shape index (κ3) is 4.77. The number of nitrogens with one attached hydrogen (secondary N) is 1. The van der Waals surface area contributed by atoms with Crippen molar-refractivity contribution in [1.82, 2.24) is 24.7 Å². The van der Waals surface area contributed by atoms with Crippen molar-refractivity contribution >= 4 is 17.3 Å². The molecule has 2 aromatic heterocycles. The van der Waals surface area contributed by atoms with Crippen LogP contribution in [0.3, 0.4) is 0 Å². The predicted octanol–water partition coefficient (Wildman–Crippen LogP) is 2.19. The van der Waals surface area contributed by atoms with Gasteiger partial charge in [0.1, 0.15) is 0 Å². The van der Waals surface area contributed by atoms with Gasteiger partial charge in [-0.1, -0.05) is 6.07 Å². The molecule has 2 fully saturated rings. The zero-order chi connectivity index (χ0) is 21.8. The quantitative estimate of drug-likeness (QED) is 0.606. The first-order chi connectivity index (χ1) is 15.1. The lowest BCUT2D eigenvalue weighted by Gasteiger charge is -2.28. The summed E-state index contributed by atoms with van der Waals surface area (Å²) < 4.78 is 7.88. The molecule has 0 saturated carbocycles. The molecule has 2 saturated heterocycles. The van der Waals surface area contributed by atoms with Crippen LogP contribution in [-0.2, 0) is 11.3 Å². The van der Waals surface area contributed by atoms with Gasteiger partial charge in [-0.2, -0.15) is 0 Å². The van der Waals surface area contributed by atoms with E-state index in [1.165, 1.54) is 17.0 Å². The standard InChI is InChI=1S/C23H33N5O2S/c1-17-16-19(18(2)27(17)9-5-8-26-11-14-30-15-12-26)22-21(20-6-3-4-7-24-20)25-23(31)28(22)10-13-29/h3-4,6-7,16,21-22,29H,5,8-15H2,1-2H3,(H,25,31)/t21-,22+/m1/s1. The molecule has 0 spiro atoms. The van der Waals surface area contributed by atoms with E-state index in [0.29, 0.717) is 11.7 Å². The number of ether oxygens (including phenoxy) is 1. The van der Waals surface area contributed by atoms with Crippen LogP contribution in [0.15, 0.2) is 30.5 Å². The van der Waals surface area contributed by atoms with Crippen molar-refractivity contribution in [2.45, 2.75) is 38.9 Å². The minimum Gasteiger partial charge on any atom is -0.395 e. The summed E-state index contributed by atoms with van der Waals surface area (Å²) in [4.78, 5) is 9.18. The first kappa shape index (κ1) is 22.2. The topological polar surface area (TPSA) is 65.8 Å². The Morgan fingerprint density at radius 2 is 2.00 bits per heavy atom. The Bertz CT molecular complexity index is 882. The van der Waals surface area contributed by atoms with Crippen LogP contribution in [-0.4, -0.2) is 75.6 Å². The van der Waals surface area contributed by atoms with E-state index in [9.17, 15) is 5.11 Å². The Morgan fingerprint density at radius 3 is 2.71 bits per heavy atom. The highest BCUT2D eigenvalue weighted by molar-refractivity contribution is 7.80. The van der Waals surface area contributed by atoms with Gasteiger partial charge >= 0.3 is 0 Å². The summed E-state index contributed by atoms with van der Waals surface area (Å²) in [5.74, 6) is 0. The van der Waals surface area contributed by atoms with Gasteiger partial charge in [0.25, 0.3) is 0 Å². The summed E-state index contributed by atoms with van der Waals surface area (Å²) in [7, 11) is 0. The summed E-state index contributed by atoms with van der Waals surface area (Å²) in [6, 6.07) is 8.23. The van der Waals surface area contributed by atoms with Crippen molar-refractivity contribution in [2.24, 2.45) is 0 Å². The highest BCUT2D eigenvalue weighted by Crippen LogP contribution is 2.40. The van der Waals surface area contributed by atoms with Gasteiger partial charge in [-0.05, 0) is 56.2 Å². The van der Waals surface area contributed by atoms with Crippen LogP contribution in [0.25, 0.3) is 0 Å². The van der Waals surface area contributed by atoms with Gasteiger partial charge in [0.05, 0.1) is 37.6 Å². The van der Waals surface area contributed by atoms with E-state index in [4.69, 9.17) is 17.0 Å². The summed E-state index contributed by atoms with van der Waals surface area (Å²) in [6.45, 7) is 10.8. The van der Waals surface area contributed by atoms with Crippen molar-refractivity contribution in [3.05, 3.63) is 53.1 Å². The monoisotopic (exact) mass is 443 g/mol. The molecule has 0 radical (unpaired) electrons. The lowest BCUT2D eigenvalue weighted by Crippen LogP contribution is -2.37. The molecule has 2 atom stereocenters. The molecule has 4 rings (SSSR count). The van der Waals surface area contributed by atoms with Gasteiger partial charge in [-0.15, -0.1) is 0 Å². The molecule has 4 heterocycles. The highest BCUT2D eigenvalue weighted by Gasteiger charge is 2.40. The Kier molecular flexibility index (Phi) is 7.22. The zero-order valence-corrected chi connectivity index (χ0v) is 19.3. The molecule has 2 aliphatic rings. The number of rotatable bonds is 8. The first-order valence-electron chi connectivity index (χ1n) is 11.2. The first-order valence-corrected chi connectivity index (χ1v) is 11.6. The summed E-state index contributed by atoms with van der Waals surface area (Å²) >= 11 is 5.64. The van der Waals surface area contributed by atoms with Crippen LogP contribution in [0, 0.1) is 13.8 Å². The second-order valence-electron chi connectivity index (χ2n) is 8.33. The van der Waals surface area contributed by atoms with E-state index in [1.807, 2.05) is 24.4 Å². The third-order valence-corrected chi connectivity index (χ3v) is 6.78. The van der Waals surface area contributed by atoms with Gasteiger partial charge in [0, 0.05) is 50.3 Å². The maximum atomic E-state index is 9.67. The SMILES string of the molecule is Cc1cc([C@H]2[C@@H](c3ccccn3)NC(=S)N2CCO)c(C)n1CCCN1CCOCC1. The fourth-order valence-corrected chi connectivity index (χ4v) is 5.17. The number of aromatic nitrogens is 2. The number of β-amino-alcohol motifs (C(OH)–C–C–N with tert-alkyl or cyclic N) is 1.